The predicted molar refractivity (Wildman–Crippen MR) is 96.6 cm³/mol. The highest BCUT2D eigenvalue weighted by Crippen LogP contribution is 2.37. The van der Waals surface area contributed by atoms with Gasteiger partial charge in [-0.15, -0.1) is 10.2 Å². The van der Waals surface area contributed by atoms with E-state index in [9.17, 15) is 9.59 Å². The van der Waals surface area contributed by atoms with Crippen molar-refractivity contribution in [2.24, 2.45) is 0 Å². The number of furan rings is 1. The second kappa shape index (κ2) is 8.01. The van der Waals surface area contributed by atoms with Gasteiger partial charge in [-0.1, -0.05) is 30.0 Å². The molecule has 1 saturated carbocycles. The fraction of sp³-hybridized carbons (Fsp3) is 0.500. The normalized spacial score (nSPS) is 15.0. The fourth-order valence-electron chi connectivity index (χ4n) is 2.25. The molecule has 9 heteroatoms. The number of anilines is 1. The second-order valence-corrected chi connectivity index (χ2v) is 8.30. The number of carbonyl (C=O) groups excluding carboxylic acids is 2. The molecule has 2 heterocycles. The molecular weight excluding hydrogens is 360 g/mol. The Kier molecular flexibility index (Phi) is 5.74. The first-order chi connectivity index (χ1) is 12.1. The number of carbonyl (C=O) groups is 2. The summed E-state index contributed by atoms with van der Waals surface area (Å²) in [7, 11) is 0. The van der Waals surface area contributed by atoms with E-state index in [2.05, 4.69) is 15.5 Å². The molecule has 0 spiro atoms. The van der Waals surface area contributed by atoms with Crippen LogP contribution >= 0.6 is 23.1 Å². The van der Waals surface area contributed by atoms with Crippen molar-refractivity contribution in [2.75, 3.05) is 4.90 Å². The number of hydrogen-bond acceptors (Lipinski definition) is 7. The molecule has 0 radical (unpaired) electrons. The number of hydrogen-bond donors (Lipinski definition) is 1. The number of nitrogens with zero attached hydrogens (tertiary/aromatic N) is 3. The van der Waals surface area contributed by atoms with Crippen molar-refractivity contribution in [3.63, 3.8) is 0 Å². The molecule has 2 aromatic heterocycles. The molecule has 0 unspecified atom stereocenters. The smallest absolute Gasteiger partial charge is 0.233 e. The molecule has 25 heavy (non-hydrogen) atoms. The molecule has 1 atom stereocenters. The summed E-state index contributed by atoms with van der Waals surface area (Å²) < 4.78 is 5.88. The molecule has 1 fully saturated rings. The van der Waals surface area contributed by atoms with Gasteiger partial charge in [0.2, 0.25) is 16.9 Å². The van der Waals surface area contributed by atoms with Gasteiger partial charge in [-0.25, -0.2) is 0 Å². The SMILES string of the molecule is CCC(=O)N(c1nnc(S[C@H](C)C(=O)NCc2ccco2)s1)C1CC1. The summed E-state index contributed by atoms with van der Waals surface area (Å²) in [5.74, 6) is 0.683. The van der Waals surface area contributed by atoms with Crippen molar-refractivity contribution in [1.29, 1.82) is 0 Å². The summed E-state index contributed by atoms with van der Waals surface area (Å²) in [6, 6.07) is 3.85. The quantitative estimate of drug-likeness (QED) is 0.560. The van der Waals surface area contributed by atoms with Gasteiger partial charge >= 0.3 is 0 Å². The highest BCUT2D eigenvalue weighted by atomic mass is 32.2. The topological polar surface area (TPSA) is 88.3 Å². The number of nitrogens with one attached hydrogen (secondary N) is 1. The Morgan fingerprint density at radius 3 is 2.92 bits per heavy atom. The maximum absolute atomic E-state index is 12.2. The Balaban J connectivity index is 1.56. The molecular formula is C16H20N4O3S2. The van der Waals surface area contributed by atoms with Gasteiger partial charge in [0.25, 0.3) is 0 Å². The largest absolute Gasteiger partial charge is 0.467 e. The lowest BCUT2D eigenvalue weighted by Crippen LogP contribution is -2.32. The second-order valence-electron chi connectivity index (χ2n) is 5.76. The Labute approximate surface area is 154 Å². The molecule has 7 nitrogen and oxygen atoms in total. The van der Waals surface area contributed by atoms with Crippen LogP contribution in [-0.2, 0) is 16.1 Å². The lowest BCUT2D eigenvalue weighted by atomic mass is 10.4. The molecule has 1 N–H and O–H groups in total. The maximum atomic E-state index is 12.2. The number of rotatable bonds is 8. The first-order valence-electron chi connectivity index (χ1n) is 8.20. The van der Waals surface area contributed by atoms with Crippen molar-refractivity contribution in [3.8, 4) is 0 Å². The van der Waals surface area contributed by atoms with E-state index in [-0.39, 0.29) is 23.1 Å². The minimum atomic E-state index is -0.313. The van der Waals surface area contributed by atoms with Gasteiger partial charge in [0.1, 0.15) is 5.76 Å². The molecule has 0 bridgehead atoms. The Hall–Kier alpha value is -1.87. The maximum Gasteiger partial charge on any atom is 0.233 e. The highest BCUT2D eigenvalue weighted by Gasteiger charge is 2.35. The number of aromatic nitrogens is 2. The van der Waals surface area contributed by atoms with Crippen molar-refractivity contribution in [1.82, 2.24) is 15.5 Å². The van der Waals surface area contributed by atoms with Crippen molar-refractivity contribution >= 4 is 40.0 Å². The Bertz CT molecular complexity index is 728. The zero-order chi connectivity index (χ0) is 17.8. The van der Waals surface area contributed by atoms with E-state index in [1.165, 1.54) is 23.1 Å². The molecule has 3 rings (SSSR count). The van der Waals surface area contributed by atoms with Crippen LogP contribution in [0.25, 0.3) is 0 Å². The van der Waals surface area contributed by atoms with Crippen LogP contribution in [-0.4, -0.2) is 33.3 Å². The molecule has 2 amide bonds. The van der Waals surface area contributed by atoms with Crippen molar-refractivity contribution < 1.29 is 14.0 Å². The zero-order valence-corrected chi connectivity index (χ0v) is 15.7. The molecule has 1 aliphatic carbocycles. The molecule has 2 aromatic rings. The third-order valence-electron chi connectivity index (χ3n) is 3.75. The molecule has 1 aliphatic rings. The number of thioether (sulfide) groups is 1. The lowest BCUT2D eigenvalue weighted by Gasteiger charge is -2.17. The third-order valence-corrected chi connectivity index (χ3v) is 5.86. The minimum Gasteiger partial charge on any atom is -0.467 e. The summed E-state index contributed by atoms with van der Waals surface area (Å²) in [5.41, 5.74) is 0. The van der Waals surface area contributed by atoms with Gasteiger partial charge in [0.15, 0.2) is 4.34 Å². The van der Waals surface area contributed by atoms with Crippen LogP contribution in [0.2, 0.25) is 0 Å². The molecule has 134 valence electrons. The molecule has 0 saturated heterocycles. The van der Waals surface area contributed by atoms with E-state index >= 15 is 0 Å². The van der Waals surface area contributed by atoms with E-state index < -0.39 is 0 Å². The van der Waals surface area contributed by atoms with Gasteiger partial charge in [-0.2, -0.15) is 0 Å². The van der Waals surface area contributed by atoms with Crippen LogP contribution in [0.1, 0.15) is 38.9 Å². The van der Waals surface area contributed by atoms with Crippen LogP contribution in [0.5, 0.6) is 0 Å². The van der Waals surface area contributed by atoms with Crippen molar-refractivity contribution in [3.05, 3.63) is 24.2 Å². The first kappa shape index (κ1) is 17.9. The van der Waals surface area contributed by atoms with E-state index in [1.807, 2.05) is 19.9 Å². The summed E-state index contributed by atoms with van der Waals surface area (Å²) in [4.78, 5) is 26.0. The summed E-state index contributed by atoms with van der Waals surface area (Å²) in [6.45, 7) is 4.03. The van der Waals surface area contributed by atoms with Crippen LogP contribution in [0.15, 0.2) is 27.2 Å². The standard InChI is InChI=1S/C16H20N4O3S2/c1-3-13(21)20(11-6-7-11)15-18-19-16(25-15)24-10(2)14(22)17-9-12-5-4-8-23-12/h4-5,8,10-11H,3,6-7,9H2,1-2H3,(H,17,22)/t10-/m1/s1. The van der Waals surface area contributed by atoms with E-state index in [4.69, 9.17) is 4.42 Å². The zero-order valence-electron chi connectivity index (χ0n) is 14.1. The van der Waals surface area contributed by atoms with Crippen LogP contribution in [0.3, 0.4) is 0 Å². The van der Waals surface area contributed by atoms with E-state index in [1.54, 1.807) is 17.2 Å². The van der Waals surface area contributed by atoms with Gasteiger partial charge < -0.3 is 9.73 Å². The average molecular weight is 380 g/mol. The van der Waals surface area contributed by atoms with Gasteiger partial charge in [-0.05, 0) is 31.9 Å². The van der Waals surface area contributed by atoms with Gasteiger partial charge in [-0.3, -0.25) is 14.5 Å². The Morgan fingerprint density at radius 1 is 1.48 bits per heavy atom. The lowest BCUT2D eigenvalue weighted by molar-refractivity contribution is -0.120. The van der Waals surface area contributed by atoms with Crippen LogP contribution in [0.4, 0.5) is 5.13 Å². The first-order valence-corrected chi connectivity index (χ1v) is 9.90. The average Bonchev–Trinajstić information content (AvgIpc) is 3.10. The van der Waals surface area contributed by atoms with Crippen LogP contribution in [0, 0.1) is 0 Å². The fourth-order valence-corrected chi connectivity index (χ4v) is 4.35. The highest BCUT2D eigenvalue weighted by molar-refractivity contribution is 8.02. The van der Waals surface area contributed by atoms with Crippen molar-refractivity contribution in [2.45, 2.75) is 55.3 Å². The van der Waals surface area contributed by atoms with Crippen LogP contribution < -0.4 is 10.2 Å². The summed E-state index contributed by atoms with van der Waals surface area (Å²) in [5, 5.41) is 11.4. The van der Waals surface area contributed by atoms with E-state index in [0.29, 0.717) is 28.2 Å². The molecule has 0 aliphatic heterocycles. The van der Waals surface area contributed by atoms with E-state index in [0.717, 1.165) is 12.8 Å². The Morgan fingerprint density at radius 2 is 2.28 bits per heavy atom. The minimum absolute atomic E-state index is 0.0689. The predicted octanol–water partition coefficient (Wildman–Crippen LogP) is 2.83. The third kappa shape index (κ3) is 4.60. The monoisotopic (exact) mass is 380 g/mol. The summed E-state index contributed by atoms with van der Waals surface area (Å²) in [6.07, 6.45) is 4.05. The number of amides is 2. The summed E-state index contributed by atoms with van der Waals surface area (Å²) >= 11 is 2.70. The van der Waals surface area contributed by atoms with Gasteiger partial charge in [0.05, 0.1) is 18.1 Å². The van der Waals surface area contributed by atoms with Gasteiger partial charge in [0, 0.05) is 12.5 Å². The molecule has 0 aromatic carbocycles.